The van der Waals surface area contributed by atoms with E-state index in [2.05, 4.69) is 10.6 Å². The molecule has 0 rings (SSSR count). The number of rotatable bonds is 3. The molecule has 0 aromatic carbocycles. The van der Waals surface area contributed by atoms with Gasteiger partial charge in [0.25, 0.3) is 0 Å². The number of hydrogen-bond acceptors (Lipinski definition) is 3. The van der Waals surface area contributed by atoms with E-state index in [1.807, 2.05) is 0 Å². The van der Waals surface area contributed by atoms with Gasteiger partial charge in [-0.1, -0.05) is 0 Å². The molecular weight excluding hydrogens is 168 g/mol. The highest BCUT2D eigenvalue weighted by Gasteiger charge is 2.08. The number of hydrogen-bond donors (Lipinski definition) is 4. The Morgan fingerprint density at radius 1 is 1.27 bits per heavy atom. The van der Waals surface area contributed by atoms with Crippen molar-refractivity contribution in [3.63, 3.8) is 0 Å². The van der Waals surface area contributed by atoms with Gasteiger partial charge < -0.3 is 22.1 Å². The summed E-state index contributed by atoms with van der Waals surface area (Å²) in [6.45, 7) is 0. The van der Waals surface area contributed by atoms with Gasteiger partial charge in [0, 0.05) is 0 Å². The molecule has 0 aliphatic heterocycles. The lowest BCUT2D eigenvalue weighted by Crippen LogP contribution is -2.49. The van der Waals surface area contributed by atoms with Crippen LogP contribution in [0.1, 0.15) is 0 Å². The quantitative estimate of drug-likeness (QED) is 0.415. The number of thioether (sulfide) groups is 1. The summed E-state index contributed by atoms with van der Waals surface area (Å²) in [4.78, 5) is 20.5. The minimum Gasteiger partial charge on any atom is -0.352 e. The van der Waals surface area contributed by atoms with Crippen LogP contribution in [0.5, 0.6) is 0 Å². The van der Waals surface area contributed by atoms with E-state index in [0.29, 0.717) is 0 Å². The van der Waals surface area contributed by atoms with Crippen molar-refractivity contribution in [1.29, 1.82) is 0 Å². The van der Waals surface area contributed by atoms with Crippen LogP contribution < -0.4 is 22.1 Å². The number of carbonyl (C=O) groups excluding carboxylic acids is 2. The molecule has 0 unspecified atom stereocenters. The van der Waals surface area contributed by atoms with Crippen LogP contribution in [0.4, 0.5) is 9.59 Å². The van der Waals surface area contributed by atoms with Gasteiger partial charge in [-0.25, -0.2) is 9.59 Å². The third kappa shape index (κ3) is 5.34. The van der Waals surface area contributed by atoms with E-state index in [1.165, 1.54) is 11.8 Å². The Morgan fingerprint density at radius 2 is 1.64 bits per heavy atom. The van der Waals surface area contributed by atoms with E-state index in [4.69, 9.17) is 11.5 Å². The Balaban J connectivity index is 3.76. The lowest BCUT2D eigenvalue weighted by molar-refractivity contribution is 0.241. The Morgan fingerprint density at radius 3 is 1.82 bits per heavy atom. The van der Waals surface area contributed by atoms with Crippen molar-refractivity contribution in [3.8, 4) is 0 Å². The van der Waals surface area contributed by atoms with Gasteiger partial charge in [-0.2, -0.15) is 0 Å². The Hall–Kier alpha value is -1.11. The predicted molar refractivity (Wildman–Crippen MR) is 42.7 cm³/mol. The van der Waals surface area contributed by atoms with Crippen LogP contribution in [0.15, 0.2) is 0 Å². The average molecular weight is 178 g/mol. The molecule has 0 saturated heterocycles. The maximum absolute atomic E-state index is 10.3. The zero-order valence-electron chi connectivity index (χ0n) is 5.96. The van der Waals surface area contributed by atoms with Crippen molar-refractivity contribution in [2.45, 2.75) is 5.50 Å². The number of nitrogens with one attached hydrogen (secondary N) is 2. The molecule has 0 aliphatic carbocycles. The molecule has 7 heteroatoms. The molecule has 6 nitrogen and oxygen atoms in total. The monoisotopic (exact) mass is 178 g/mol. The molecular formula is C4H10N4O2S. The molecule has 0 bridgehead atoms. The maximum atomic E-state index is 10.3. The second-order valence-corrected chi connectivity index (χ2v) is 2.58. The van der Waals surface area contributed by atoms with Gasteiger partial charge in [-0.3, -0.25) is 0 Å². The molecule has 11 heavy (non-hydrogen) atoms. The third-order valence-corrected chi connectivity index (χ3v) is 1.49. The Labute approximate surface area is 68.1 Å². The van der Waals surface area contributed by atoms with Gasteiger partial charge in [0.05, 0.1) is 0 Å². The molecule has 0 aromatic rings. The lowest BCUT2D eigenvalue weighted by atomic mass is 10.9. The van der Waals surface area contributed by atoms with Crippen molar-refractivity contribution < 1.29 is 9.59 Å². The highest BCUT2D eigenvalue weighted by molar-refractivity contribution is 7.99. The van der Waals surface area contributed by atoms with Crippen molar-refractivity contribution in [2.24, 2.45) is 11.5 Å². The van der Waals surface area contributed by atoms with Crippen LogP contribution in [0.3, 0.4) is 0 Å². The van der Waals surface area contributed by atoms with E-state index in [1.54, 1.807) is 6.26 Å². The van der Waals surface area contributed by atoms with E-state index >= 15 is 0 Å². The first-order chi connectivity index (χ1) is 5.06. The van der Waals surface area contributed by atoms with E-state index in [9.17, 15) is 9.59 Å². The first-order valence-corrected chi connectivity index (χ1v) is 3.99. The van der Waals surface area contributed by atoms with Gasteiger partial charge in [-0.05, 0) is 6.26 Å². The number of nitrogens with two attached hydrogens (primary N) is 2. The first kappa shape index (κ1) is 9.89. The highest BCUT2D eigenvalue weighted by atomic mass is 32.2. The fourth-order valence-corrected chi connectivity index (χ4v) is 0.880. The van der Waals surface area contributed by atoms with Crippen LogP contribution in [0.2, 0.25) is 0 Å². The summed E-state index contributed by atoms with van der Waals surface area (Å²) < 4.78 is 0. The Kier molecular flexibility index (Phi) is 4.20. The predicted octanol–water partition coefficient (Wildman–Crippen LogP) is -1.03. The number of primary amides is 2. The molecule has 0 atom stereocenters. The summed E-state index contributed by atoms with van der Waals surface area (Å²) in [5.41, 5.74) is 9.01. The molecule has 0 saturated carbocycles. The van der Waals surface area contributed by atoms with Crippen LogP contribution in [0, 0.1) is 0 Å². The average Bonchev–Trinajstić information content (AvgIpc) is 1.84. The molecule has 4 amide bonds. The largest absolute Gasteiger partial charge is 0.352 e. The smallest absolute Gasteiger partial charge is 0.314 e. The minimum absolute atomic E-state index is 0.565. The second kappa shape index (κ2) is 4.67. The molecule has 64 valence electrons. The van der Waals surface area contributed by atoms with Crippen LogP contribution >= 0.6 is 11.8 Å². The van der Waals surface area contributed by atoms with E-state index in [0.717, 1.165) is 0 Å². The summed E-state index contributed by atoms with van der Waals surface area (Å²) in [7, 11) is 0. The number of carbonyl (C=O) groups is 2. The normalized spacial score (nSPS) is 9.27. The highest BCUT2D eigenvalue weighted by Crippen LogP contribution is 1.96. The van der Waals surface area contributed by atoms with Crippen LogP contribution in [0.25, 0.3) is 0 Å². The molecule has 0 aromatic heterocycles. The van der Waals surface area contributed by atoms with E-state index < -0.39 is 17.6 Å². The molecule has 0 spiro atoms. The molecule has 0 fully saturated rings. The summed E-state index contributed by atoms with van der Waals surface area (Å²) >= 11 is 1.20. The zero-order chi connectivity index (χ0) is 8.85. The summed E-state index contributed by atoms with van der Waals surface area (Å²) in [6.07, 6.45) is 1.69. The van der Waals surface area contributed by atoms with Crippen molar-refractivity contribution >= 4 is 23.8 Å². The van der Waals surface area contributed by atoms with Crippen LogP contribution in [-0.2, 0) is 0 Å². The van der Waals surface area contributed by atoms with Gasteiger partial charge in [0.2, 0.25) is 0 Å². The number of amides is 4. The summed E-state index contributed by atoms with van der Waals surface area (Å²) in [6, 6.07) is -1.42. The van der Waals surface area contributed by atoms with Crippen molar-refractivity contribution in [1.82, 2.24) is 10.6 Å². The summed E-state index contributed by atoms with van der Waals surface area (Å²) in [5, 5.41) is 4.50. The fourth-order valence-electron chi connectivity index (χ4n) is 0.412. The molecule has 6 N–H and O–H groups in total. The summed E-state index contributed by atoms with van der Waals surface area (Å²) in [5.74, 6) is 0. The maximum Gasteiger partial charge on any atom is 0.314 e. The van der Waals surface area contributed by atoms with Crippen LogP contribution in [-0.4, -0.2) is 23.8 Å². The fraction of sp³-hybridized carbons (Fsp3) is 0.500. The van der Waals surface area contributed by atoms with E-state index in [-0.39, 0.29) is 0 Å². The first-order valence-electron chi connectivity index (χ1n) is 2.71. The number of urea groups is 2. The second-order valence-electron chi connectivity index (χ2n) is 1.63. The minimum atomic E-state index is -0.710. The molecule has 0 heterocycles. The van der Waals surface area contributed by atoms with Gasteiger partial charge in [0.1, 0.15) is 0 Å². The third-order valence-electron chi connectivity index (χ3n) is 0.782. The van der Waals surface area contributed by atoms with Gasteiger partial charge in [-0.15, -0.1) is 11.8 Å². The standard InChI is InChI=1S/C4H10N4O2S/c1-11-4(7-2(5)9)8-3(6)10/h4H,1H3,(H3,5,7,9)(H3,6,8,10). The van der Waals surface area contributed by atoms with Gasteiger partial charge in [0.15, 0.2) is 5.50 Å². The van der Waals surface area contributed by atoms with Crippen molar-refractivity contribution in [2.75, 3.05) is 6.26 Å². The SMILES string of the molecule is CSC(NC(N)=O)NC(N)=O. The molecule has 0 radical (unpaired) electrons. The van der Waals surface area contributed by atoms with Crippen molar-refractivity contribution in [3.05, 3.63) is 0 Å². The topological polar surface area (TPSA) is 110 Å². The molecule has 0 aliphatic rings. The Bertz CT molecular complexity index is 146. The lowest BCUT2D eigenvalue weighted by Gasteiger charge is -2.14. The zero-order valence-corrected chi connectivity index (χ0v) is 6.77. The van der Waals surface area contributed by atoms with Gasteiger partial charge >= 0.3 is 12.1 Å².